The molecule has 0 radical (unpaired) electrons. The lowest BCUT2D eigenvalue weighted by molar-refractivity contribution is -0.141. The maximum Gasteiger partial charge on any atom is 0.308 e. The van der Waals surface area contributed by atoms with Crippen LogP contribution in [-0.4, -0.2) is 40.8 Å². The standard InChI is InChI=1S/C21H21NO4/c1-13-7-8-15(11-14(13)2)19(23)17-5-3-4-6-18(17)20(24)22-10-9-16(12-22)21(25)26/h3-8,11,16H,9-10,12H2,1-2H3,(H,25,26)/t16-/m1/s1. The Morgan fingerprint density at radius 2 is 1.69 bits per heavy atom. The lowest BCUT2D eigenvalue weighted by Gasteiger charge is -2.18. The van der Waals surface area contributed by atoms with E-state index in [0.29, 0.717) is 29.7 Å². The smallest absolute Gasteiger partial charge is 0.308 e. The Hall–Kier alpha value is -2.95. The van der Waals surface area contributed by atoms with Crippen LogP contribution in [0.15, 0.2) is 42.5 Å². The normalized spacial score (nSPS) is 16.5. The van der Waals surface area contributed by atoms with Gasteiger partial charge in [-0.25, -0.2) is 0 Å². The molecule has 0 spiro atoms. The number of aryl methyl sites for hydroxylation is 2. The Bertz CT molecular complexity index is 887. The van der Waals surface area contributed by atoms with Crippen molar-refractivity contribution in [3.05, 3.63) is 70.3 Å². The van der Waals surface area contributed by atoms with Gasteiger partial charge < -0.3 is 10.0 Å². The third-order valence-electron chi connectivity index (χ3n) is 5.00. The average molecular weight is 351 g/mol. The van der Waals surface area contributed by atoms with Gasteiger partial charge in [-0.3, -0.25) is 14.4 Å². The molecule has 26 heavy (non-hydrogen) atoms. The van der Waals surface area contributed by atoms with Crippen LogP contribution in [0.2, 0.25) is 0 Å². The summed E-state index contributed by atoms with van der Waals surface area (Å²) in [5.74, 6) is -1.92. The number of carboxylic acids is 1. The summed E-state index contributed by atoms with van der Waals surface area (Å²) in [6.45, 7) is 4.50. The number of ketones is 1. The van der Waals surface area contributed by atoms with Crippen molar-refractivity contribution in [1.82, 2.24) is 4.90 Å². The fourth-order valence-corrected chi connectivity index (χ4v) is 3.22. The van der Waals surface area contributed by atoms with Gasteiger partial charge in [0.25, 0.3) is 5.91 Å². The van der Waals surface area contributed by atoms with Crippen LogP contribution in [0.25, 0.3) is 0 Å². The molecule has 0 saturated carbocycles. The van der Waals surface area contributed by atoms with Gasteiger partial charge in [0.1, 0.15) is 0 Å². The summed E-state index contributed by atoms with van der Waals surface area (Å²) in [7, 11) is 0. The van der Waals surface area contributed by atoms with E-state index in [2.05, 4.69) is 0 Å². The highest BCUT2D eigenvalue weighted by atomic mass is 16.4. The monoisotopic (exact) mass is 351 g/mol. The fraction of sp³-hybridized carbons (Fsp3) is 0.286. The van der Waals surface area contributed by atoms with Gasteiger partial charge in [-0.15, -0.1) is 0 Å². The van der Waals surface area contributed by atoms with Gasteiger partial charge in [0, 0.05) is 24.2 Å². The highest BCUT2D eigenvalue weighted by Gasteiger charge is 2.32. The van der Waals surface area contributed by atoms with Crippen molar-refractivity contribution in [1.29, 1.82) is 0 Å². The predicted molar refractivity (Wildman–Crippen MR) is 97.4 cm³/mol. The number of aliphatic carboxylic acids is 1. The number of likely N-dealkylation sites (tertiary alicyclic amines) is 1. The van der Waals surface area contributed by atoms with Crippen molar-refractivity contribution in [2.75, 3.05) is 13.1 Å². The first-order valence-electron chi connectivity index (χ1n) is 8.61. The third-order valence-corrected chi connectivity index (χ3v) is 5.00. The zero-order valence-electron chi connectivity index (χ0n) is 14.9. The van der Waals surface area contributed by atoms with Gasteiger partial charge in [-0.1, -0.05) is 30.3 Å². The van der Waals surface area contributed by atoms with Gasteiger partial charge in [-0.05, 0) is 43.5 Å². The van der Waals surface area contributed by atoms with Crippen molar-refractivity contribution in [3.63, 3.8) is 0 Å². The lowest BCUT2D eigenvalue weighted by atomic mass is 9.95. The van der Waals surface area contributed by atoms with Crippen LogP contribution in [0.4, 0.5) is 0 Å². The zero-order chi connectivity index (χ0) is 18.8. The summed E-state index contributed by atoms with van der Waals surface area (Å²) in [5, 5.41) is 9.13. The number of carbonyl (C=O) groups excluding carboxylic acids is 2. The van der Waals surface area contributed by atoms with Crippen molar-refractivity contribution in [3.8, 4) is 0 Å². The average Bonchev–Trinajstić information content (AvgIpc) is 3.13. The van der Waals surface area contributed by atoms with E-state index in [1.165, 1.54) is 4.90 Å². The van der Waals surface area contributed by atoms with E-state index in [-0.39, 0.29) is 18.2 Å². The minimum absolute atomic E-state index is 0.181. The summed E-state index contributed by atoms with van der Waals surface area (Å²) in [5.41, 5.74) is 3.32. The van der Waals surface area contributed by atoms with Crippen molar-refractivity contribution in [2.45, 2.75) is 20.3 Å². The third kappa shape index (κ3) is 3.38. The van der Waals surface area contributed by atoms with Crippen LogP contribution in [0.3, 0.4) is 0 Å². The van der Waals surface area contributed by atoms with Gasteiger partial charge >= 0.3 is 5.97 Å². The second-order valence-corrected chi connectivity index (χ2v) is 6.75. The molecule has 0 aliphatic carbocycles. The number of carbonyl (C=O) groups is 3. The van der Waals surface area contributed by atoms with E-state index >= 15 is 0 Å². The minimum atomic E-state index is -0.889. The molecule has 1 atom stereocenters. The molecule has 3 rings (SSSR count). The van der Waals surface area contributed by atoms with E-state index in [4.69, 9.17) is 5.11 Å². The molecule has 1 heterocycles. The summed E-state index contributed by atoms with van der Waals surface area (Å²) in [6.07, 6.45) is 0.439. The maximum absolute atomic E-state index is 13.0. The molecular weight excluding hydrogens is 330 g/mol. The number of hydrogen-bond acceptors (Lipinski definition) is 3. The zero-order valence-corrected chi connectivity index (χ0v) is 14.9. The Morgan fingerprint density at radius 1 is 1.00 bits per heavy atom. The number of nitrogens with zero attached hydrogens (tertiary/aromatic N) is 1. The first kappa shape index (κ1) is 17.9. The molecule has 1 fully saturated rings. The quantitative estimate of drug-likeness (QED) is 0.859. The van der Waals surface area contributed by atoms with Crippen LogP contribution >= 0.6 is 0 Å². The van der Waals surface area contributed by atoms with Crippen molar-refractivity contribution < 1.29 is 19.5 Å². The molecule has 1 aliphatic rings. The molecule has 5 nitrogen and oxygen atoms in total. The molecule has 134 valence electrons. The topological polar surface area (TPSA) is 74.7 Å². The number of hydrogen-bond donors (Lipinski definition) is 1. The van der Waals surface area contributed by atoms with E-state index in [0.717, 1.165) is 11.1 Å². The van der Waals surface area contributed by atoms with E-state index in [1.54, 1.807) is 30.3 Å². The second-order valence-electron chi connectivity index (χ2n) is 6.75. The molecule has 2 aromatic carbocycles. The van der Waals surface area contributed by atoms with Crippen LogP contribution in [0.1, 0.15) is 43.8 Å². The Kier molecular flexibility index (Phi) is 4.89. The highest BCUT2D eigenvalue weighted by Crippen LogP contribution is 2.22. The van der Waals surface area contributed by atoms with Crippen LogP contribution < -0.4 is 0 Å². The van der Waals surface area contributed by atoms with E-state index in [1.807, 2.05) is 26.0 Å². The van der Waals surface area contributed by atoms with Gasteiger partial charge in [0.05, 0.1) is 11.5 Å². The second kappa shape index (κ2) is 7.12. The molecule has 2 aromatic rings. The highest BCUT2D eigenvalue weighted by molar-refractivity contribution is 6.15. The molecule has 1 aliphatic heterocycles. The first-order valence-corrected chi connectivity index (χ1v) is 8.61. The summed E-state index contributed by atoms with van der Waals surface area (Å²) >= 11 is 0. The van der Waals surface area contributed by atoms with Gasteiger partial charge in [-0.2, -0.15) is 0 Å². The fourth-order valence-electron chi connectivity index (χ4n) is 3.22. The molecule has 0 bridgehead atoms. The van der Waals surface area contributed by atoms with Crippen LogP contribution in [0, 0.1) is 19.8 Å². The lowest BCUT2D eigenvalue weighted by Crippen LogP contribution is -2.31. The molecule has 5 heteroatoms. The molecule has 1 saturated heterocycles. The summed E-state index contributed by atoms with van der Waals surface area (Å²) in [4.78, 5) is 38.5. The van der Waals surface area contributed by atoms with E-state index < -0.39 is 11.9 Å². The number of carboxylic acid groups (broad SMARTS) is 1. The minimum Gasteiger partial charge on any atom is -0.481 e. The summed E-state index contributed by atoms with van der Waals surface area (Å²) < 4.78 is 0. The largest absolute Gasteiger partial charge is 0.481 e. The SMILES string of the molecule is Cc1ccc(C(=O)c2ccccc2C(=O)N2CC[C@@H](C(=O)O)C2)cc1C. The Labute approximate surface area is 152 Å². The van der Waals surface area contributed by atoms with Gasteiger partial charge in [0.15, 0.2) is 5.78 Å². The predicted octanol–water partition coefficient (Wildman–Crippen LogP) is 3.08. The molecule has 0 unspecified atom stereocenters. The first-order chi connectivity index (χ1) is 12.4. The number of benzene rings is 2. The maximum atomic E-state index is 13.0. The number of amides is 1. The van der Waals surface area contributed by atoms with Gasteiger partial charge in [0.2, 0.25) is 0 Å². The van der Waals surface area contributed by atoms with Crippen LogP contribution in [0.5, 0.6) is 0 Å². The Balaban J connectivity index is 1.91. The molecular formula is C21H21NO4. The Morgan fingerprint density at radius 3 is 2.31 bits per heavy atom. The summed E-state index contributed by atoms with van der Waals surface area (Å²) in [6, 6.07) is 12.2. The van der Waals surface area contributed by atoms with Crippen LogP contribution in [-0.2, 0) is 4.79 Å². The molecule has 1 N–H and O–H groups in total. The number of rotatable bonds is 4. The van der Waals surface area contributed by atoms with E-state index in [9.17, 15) is 14.4 Å². The van der Waals surface area contributed by atoms with Crippen molar-refractivity contribution in [2.24, 2.45) is 5.92 Å². The molecule has 0 aromatic heterocycles. The molecule has 1 amide bonds. The van der Waals surface area contributed by atoms with Crippen molar-refractivity contribution >= 4 is 17.7 Å².